The fourth-order valence-corrected chi connectivity index (χ4v) is 2.72. The molecule has 0 aliphatic carbocycles. The van der Waals surface area contributed by atoms with Gasteiger partial charge in [0.2, 0.25) is 5.88 Å². The van der Waals surface area contributed by atoms with Crippen LogP contribution >= 0.6 is 0 Å². The molecule has 0 spiro atoms. The highest BCUT2D eigenvalue weighted by Gasteiger charge is 2.31. The zero-order valence-corrected chi connectivity index (χ0v) is 17.0. The van der Waals surface area contributed by atoms with Gasteiger partial charge in [-0.2, -0.15) is 10.2 Å². The Morgan fingerprint density at radius 3 is 2.84 bits per heavy atom. The van der Waals surface area contributed by atoms with Crippen molar-refractivity contribution in [3.63, 3.8) is 0 Å². The Balaban J connectivity index is 1.96. The number of nitrogen functional groups attached to an aromatic ring is 1. The first kappa shape index (κ1) is 22.4. The fraction of sp³-hybridized carbons (Fsp3) is 0.400. The van der Waals surface area contributed by atoms with Crippen LogP contribution in [0.25, 0.3) is 11.4 Å². The number of rotatable bonds is 7. The minimum absolute atomic E-state index is 0.0819. The van der Waals surface area contributed by atoms with E-state index in [2.05, 4.69) is 15.4 Å². The highest BCUT2D eigenvalue weighted by atomic mass is 16.7. The van der Waals surface area contributed by atoms with Crippen LogP contribution in [0.3, 0.4) is 0 Å². The molecule has 11 nitrogen and oxygen atoms in total. The molecular weight excluding hydrogens is 406 g/mol. The topological polar surface area (TPSA) is 173 Å². The van der Waals surface area contributed by atoms with E-state index in [1.165, 1.54) is 13.8 Å². The van der Waals surface area contributed by atoms with Crippen molar-refractivity contribution in [1.82, 2.24) is 15.4 Å². The largest absolute Gasteiger partial charge is 0.468 e. The van der Waals surface area contributed by atoms with E-state index in [-0.39, 0.29) is 42.9 Å². The minimum atomic E-state index is -1.17. The molecule has 1 aromatic carbocycles. The first-order valence-electron chi connectivity index (χ1n) is 9.43. The number of anilines is 1. The van der Waals surface area contributed by atoms with E-state index in [9.17, 15) is 15.0 Å². The van der Waals surface area contributed by atoms with E-state index in [0.717, 1.165) is 0 Å². The van der Waals surface area contributed by atoms with Gasteiger partial charge in [0.05, 0.1) is 30.4 Å². The molecule has 1 aliphatic rings. The number of hydrogen-bond donors (Lipinski definition) is 4. The number of nitrogens with zero attached hydrogens (tertiary/aromatic N) is 3. The van der Waals surface area contributed by atoms with Gasteiger partial charge in [-0.1, -0.05) is 12.1 Å². The lowest BCUT2D eigenvalue weighted by Gasteiger charge is -2.19. The summed E-state index contributed by atoms with van der Waals surface area (Å²) in [5.74, 6) is -1.03. The number of carbonyl (C=O) groups is 1. The summed E-state index contributed by atoms with van der Waals surface area (Å²) in [7, 11) is 0. The van der Waals surface area contributed by atoms with Gasteiger partial charge in [-0.3, -0.25) is 9.63 Å². The maximum Gasteiger partial charge on any atom is 0.284 e. The summed E-state index contributed by atoms with van der Waals surface area (Å²) in [6.45, 7) is 3.02. The predicted molar refractivity (Wildman–Crippen MR) is 108 cm³/mol. The van der Waals surface area contributed by atoms with Crippen molar-refractivity contribution < 1.29 is 29.3 Å². The van der Waals surface area contributed by atoms with Crippen molar-refractivity contribution in [3.05, 3.63) is 35.4 Å². The number of aromatic nitrogens is 2. The molecule has 2 heterocycles. The number of nitrogens with two attached hydrogens (primary N) is 1. The predicted octanol–water partition coefficient (Wildman–Crippen LogP) is 0.168. The average Bonchev–Trinajstić information content (AvgIpc) is 3.11. The Bertz CT molecular complexity index is 1000. The number of hydroxylamine groups is 1. The third-order valence-corrected chi connectivity index (χ3v) is 4.23. The Hall–Kier alpha value is -3.30. The highest BCUT2D eigenvalue weighted by molar-refractivity contribution is 6.00. The molecule has 1 aliphatic heterocycles. The van der Waals surface area contributed by atoms with Gasteiger partial charge in [0.15, 0.2) is 11.9 Å². The Kier molecular flexibility index (Phi) is 6.67. The molecule has 2 aromatic rings. The lowest BCUT2D eigenvalue weighted by molar-refractivity contribution is -0.0523. The zero-order valence-electron chi connectivity index (χ0n) is 17.0. The summed E-state index contributed by atoms with van der Waals surface area (Å²) in [5, 5.41) is 28.9. The monoisotopic (exact) mass is 429 g/mol. The van der Waals surface area contributed by atoms with E-state index >= 15 is 0 Å². The number of aliphatic hydroxyl groups is 2. The molecule has 3 rings (SSSR count). The average molecular weight is 429 g/mol. The lowest BCUT2D eigenvalue weighted by Crippen LogP contribution is -2.35. The number of ether oxygens (including phenoxy) is 2. The van der Waals surface area contributed by atoms with Gasteiger partial charge in [0, 0.05) is 5.56 Å². The second-order valence-corrected chi connectivity index (χ2v) is 7.60. The van der Waals surface area contributed by atoms with Gasteiger partial charge in [0.25, 0.3) is 5.91 Å². The molecule has 5 N–H and O–H groups in total. The molecular formula is C20H23N5O6. The number of nitriles is 1. The van der Waals surface area contributed by atoms with Crippen LogP contribution in [0, 0.1) is 11.3 Å². The van der Waals surface area contributed by atoms with E-state index < -0.39 is 23.7 Å². The molecule has 2 unspecified atom stereocenters. The number of carbonyl (C=O) groups excluding carboxylic acids is 1. The number of amides is 1. The molecule has 1 fully saturated rings. The third kappa shape index (κ3) is 5.65. The van der Waals surface area contributed by atoms with Crippen molar-refractivity contribution in [2.75, 3.05) is 25.6 Å². The van der Waals surface area contributed by atoms with E-state index in [4.69, 9.17) is 25.3 Å². The molecule has 0 saturated carbocycles. The van der Waals surface area contributed by atoms with Crippen LogP contribution in [0.5, 0.6) is 5.88 Å². The van der Waals surface area contributed by atoms with Crippen LogP contribution in [0.1, 0.15) is 29.8 Å². The highest BCUT2D eigenvalue weighted by Crippen LogP contribution is 2.28. The van der Waals surface area contributed by atoms with Crippen molar-refractivity contribution in [2.24, 2.45) is 0 Å². The fourth-order valence-electron chi connectivity index (χ4n) is 2.72. The Morgan fingerprint density at radius 1 is 1.42 bits per heavy atom. The van der Waals surface area contributed by atoms with Gasteiger partial charge in [-0.15, -0.1) is 0 Å². The van der Waals surface area contributed by atoms with E-state index in [0.29, 0.717) is 11.1 Å². The number of benzene rings is 1. The van der Waals surface area contributed by atoms with Crippen molar-refractivity contribution in [1.29, 1.82) is 5.26 Å². The molecule has 31 heavy (non-hydrogen) atoms. The van der Waals surface area contributed by atoms with Gasteiger partial charge in [-0.05, 0) is 26.0 Å². The van der Waals surface area contributed by atoms with Crippen LogP contribution in [0.15, 0.2) is 24.3 Å². The zero-order chi connectivity index (χ0) is 22.6. The normalized spacial score (nSPS) is 18.4. The second-order valence-electron chi connectivity index (χ2n) is 7.60. The number of aliphatic hydroxyl groups excluding tert-OH is 1. The van der Waals surface area contributed by atoms with E-state index in [1.54, 1.807) is 24.3 Å². The Morgan fingerprint density at radius 2 is 2.19 bits per heavy atom. The molecule has 11 heteroatoms. The van der Waals surface area contributed by atoms with Crippen LogP contribution < -0.4 is 16.0 Å². The van der Waals surface area contributed by atoms with Gasteiger partial charge >= 0.3 is 0 Å². The quantitative estimate of drug-likeness (QED) is 0.444. The summed E-state index contributed by atoms with van der Waals surface area (Å²) in [4.78, 5) is 26.2. The molecule has 2 atom stereocenters. The molecule has 1 saturated heterocycles. The SMILES string of the molecule is CC(C)(O)CONC(=O)c1c(N)nc(-c2cccc(C#N)c2)nc1OC1COCC1O. The summed E-state index contributed by atoms with van der Waals surface area (Å²) in [6, 6.07) is 8.56. The van der Waals surface area contributed by atoms with Gasteiger partial charge in [0.1, 0.15) is 24.1 Å². The summed E-state index contributed by atoms with van der Waals surface area (Å²) in [5.41, 5.74) is 7.73. The smallest absolute Gasteiger partial charge is 0.284 e. The van der Waals surface area contributed by atoms with Crippen LogP contribution in [0.4, 0.5) is 5.82 Å². The molecule has 1 amide bonds. The standard InChI is InChI=1S/C20H23N5O6/c1-20(2,28)10-30-25-18(27)15-16(22)23-17(12-5-3-4-11(6-12)7-21)24-19(15)31-14-9-29-8-13(14)26/h3-6,13-14,26,28H,8-10H2,1-2H3,(H,25,27)(H2,22,23,24). The van der Waals surface area contributed by atoms with Gasteiger partial charge < -0.3 is 25.4 Å². The molecule has 0 radical (unpaired) electrons. The van der Waals surface area contributed by atoms with Crippen LogP contribution in [-0.2, 0) is 9.57 Å². The summed E-state index contributed by atoms with van der Waals surface area (Å²) < 4.78 is 10.9. The van der Waals surface area contributed by atoms with Crippen LogP contribution in [0.2, 0.25) is 0 Å². The first-order valence-corrected chi connectivity index (χ1v) is 9.43. The van der Waals surface area contributed by atoms with Crippen molar-refractivity contribution in [2.45, 2.75) is 31.7 Å². The summed E-state index contributed by atoms with van der Waals surface area (Å²) in [6.07, 6.45) is -1.68. The first-order chi connectivity index (χ1) is 14.7. The molecule has 0 bridgehead atoms. The lowest BCUT2D eigenvalue weighted by atomic mass is 10.1. The number of nitrogens with one attached hydrogen (secondary N) is 1. The van der Waals surface area contributed by atoms with E-state index in [1.807, 2.05) is 6.07 Å². The van der Waals surface area contributed by atoms with Crippen LogP contribution in [-0.4, -0.2) is 63.7 Å². The third-order valence-electron chi connectivity index (χ3n) is 4.23. The summed E-state index contributed by atoms with van der Waals surface area (Å²) >= 11 is 0. The minimum Gasteiger partial charge on any atom is -0.468 e. The molecule has 1 aromatic heterocycles. The Labute approximate surface area is 178 Å². The van der Waals surface area contributed by atoms with Gasteiger partial charge in [-0.25, -0.2) is 10.5 Å². The van der Waals surface area contributed by atoms with Crippen molar-refractivity contribution >= 4 is 11.7 Å². The number of hydrogen-bond acceptors (Lipinski definition) is 10. The maximum atomic E-state index is 12.7. The molecule has 164 valence electrons. The maximum absolute atomic E-state index is 12.7. The second kappa shape index (κ2) is 9.23. The van der Waals surface area contributed by atoms with Crippen molar-refractivity contribution in [3.8, 4) is 23.3 Å².